The molecule has 7 N–H and O–H groups in total. The lowest BCUT2D eigenvalue weighted by molar-refractivity contribution is -0.278. The van der Waals surface area contributed by atoms with Crippen molar-refractivity contribution < 1.29 is 87.3 Å². The molecule has 384 valence electrons. The van der Waals surface area contributed by atoms with Crippen LogP contribution < -0.4 is 9.47 Å². The molecule has 6 rings (SSSR count). The molecule has 2 fully saturated rings. The van der Waals surface area contributed by atoms with Gasteiger partial charge < -0.3 is 68.9 Å². The van der Waals surface area contributed by atoms with Gasteiger partial charge in [-0.15, -0.1) is 10.2 Å². The molecule has 0 amide bonds. The molecule has 0 bridgehead atoms. The average molecular weight is 1000 g/mol. The van der Waals surface area contributed by atoms with Crippen molar-refractivity contribution in [1.82, 2.24) is 19.6 Å². The smallest absolute Gasteiger partial charge is 0.457 e. The third-order valence-electron chi connectivity index (χ3n) is 11.4. The maximum Gasteiger partial charge on any atom is 0.508 e. The largest absolute Gasteiger partial charge is 0.508 e. The summed E-state index contributed by atoms with van der Waals surface area (Å²) in [6, 6.07) is 9.91. The van der Waals surface area contributed by atoms with Crippen molar-refractivity contribution in [3.8, 4) is 11.8 Å². The Bertz CT molecular complexity index is 2330. The molecular formula is C46H63ClF2N4O16. The first-order chi connectivity index (χ1) is 32.4. The number of carbonyl (C=O) groups is 2. The predicted molar refractivity (Wildman–Crippen MR) is 241 cm³/mol. The summed E-state index contributed by atoms with van der Waals surface area (Å²) in [5.41, 5.74) is 4.65. The lowest BCUT2D eigenvalue weighted by Crippen LogP contribution is -2.60. The number of aliphatic hydroxyl groups excluding tert-OH is 7. The van der Waals surface area contributed by atoms with Gasteiger partial charge in [0.1, 0.15) is 67.1 Å². The summed E-state index contributed by atoms with van der Waals surface area (Å²) < 4.78 is 67.4. The van der Waals surface area contributed by atoms with Crippen LogP contribution >= 0.6 is 11.6 Å². The first-order valence-electron chi connectivity index (χ1n) is 21.9. The average Bonchev–Trinajstić information content (AvgIpc) is 3.79. The van der Waals surface area contributed by atoms with E-state index in [2.05, 4.69) is 31.3 Å². The van der Waals surface area contributed by atoms with Crippen molar-refractivity contribution in [3.63, 3.8) is 0 Å². The highest BCUT2D eigenvalue weighted by Crippen LogP contribution is 2.33. The first kappa shape index (κ1) is 56.6. The van der Waals surface area contributed by atoms with Crippen molar-refractivity contribution >= 4 is 23.2 Å². The molecule has 0 aliphatic carbocycles. The molecule has 0 radical (unpaired) electrons. The number of benzene rings is 2. The van der Waals surface area contributed by atoms with Gasteiger partial charge in [-0.25, -0.2) is 18.4 Å². The van der Waals surface area contributed by atoms with Crippen LogP contribution in [0.5, 0.6) is 11.8 Å². The molecule has 2 aromatic carbocycles. The number of hydrogen-bond donors (Lipinski definition) is 7. The maximum absolute atomic E-state index is 14.1. The van der Waals surface area contributed by atoms with Gasteiger partial charge in [0.2, 0.25) is 24.3 Å². The first-order valence-corrected chi connectivity index (χ1v) is 22.3. The summed E-state index contributed by atoms with van der Waals surface area (Å²) in [7, 11) is 2.34. The number of ether oxygens (including phenoxy) is 7. The van der Waals surface area contributed by atoms with Gasteiger partial charge in [0, 0.05) is 59.0 Å². The van der Waals surface area contributed by atoms with Crippen LogP contribution in [0.15, 0.2) is 36.4 Å². The van der Waals surface area contributed by atoms with Gasteiger partial charge in [-0.1, -0.05) is 24.3 Å². The van der Waals surface area contributed by atoms with E-state index in [-0.39, 0.29) is 35.5 Å². The molecule has 4 aromatic rings. The van der Waals surface area contributed by atoms with Crippen LogP contribution in [0, 0.1) is 39.3 Å². The van der Waals surface area contributed by atoms with Crippen LogP contribution in [0.4, 0.5) is 18.4 Å². The van der Waals surface area contributed by atoms with Crippen LogP contribution in [0.1, 0.15) is 84.5 Å². The van der Waals surface area contributed by atoms with Gasteiger partial charge in [0.15, 0.2) is 0 Å². The van der Waals surface area contributed by atoms with Crippen molar-refractivity contribution in [1.29, 1.82) is 0 Å². The second-order valence-corrected chi connectivity index (χ2v) is 17.3. The summed E-state index contributed by atoms with van der Waals surface area (Å²) in [4.78, 5) is 20.6. The quantitative estimate of drug-likeness (QED) is 0.0742. The van der Waals surface area contributed by atoms with E-state index in [1.807, 2.05) is 47.6 Å². The molecule has 0 saturated carbocycles. The molecule has 0 spiro atoms. The van der Waals surface area contributed by atoms with Crippen molar-refractivity contribution in [2.45, 2.75) is 142 Å². The zero-order valence-electron chi connectivity index (χ0n) is 39.9. The zero-order valence-corrected chi connectivity index (χ0v) is 40.7. The summed E-state index contributed by atoms with van der Waals surface area (Å²) in [5, 5.41) is 79.6. The SMILES string of the molecule is COC(=O)Cl.COC(=O)OC[C@H]1O[C@@H](Oc2nn(C(C)C)c(C)c2Cc2ccc(C)c(F)c2)[C@H](O)[C@@H](O)[C@@H]1O.Cc1ccc(Cc2c(O[C@@H]3O[C@H](CO)[C@@H](O)[C@H](O)[C@H]3O)nn(C(C)C)c2C)cc1F. The highest BCUT2D eigenvalue weighted by molar-refractivity contribution is 6.61. The topological polar surface area (TPSA) is 276 Å². The number of aliphatic hydroxyl groups is 7. The normalized spacial score (nSPS) is 24.4. The number of halogens is 3. The molecule has 0 unspecified atom stereocenters. The van der Waals surface area contributed by atoms with E-state index in [1.165, 1.54) is 19.2 Å². The Kier molecular flexibility index (Phi) is 20.7. The second kappa shape index (κ2) is 25.2. The predicted octanol–water partition coefficient (Wildman–Crippen LogP) is 3.76. The van der Waals surface area contributed by atoms with E-state index >= 15 is 0 Å². The molecule has 10 atom stereocenters. The minimum atomic E-state index is -1.63. The van der Waals surface area contributed by atoms with E-state index in [0.717, 1.165) is 24.1 Å². The monoisotopic (exact) mass is 1000 g/mol. The van der Waals surface area contributed by atoms with Crippen molar-refractivity contribution in [3.05, 3.63) is 92.8 Å². The number of hydrogen-bond acceptors (Lipinski definition) is 18. The number of nitrogens with zero attached hydrogens (tertiary/aromatic N) is 4. The molecule has 2 saturated heterocycles. The minimum Gasteiger partial charge on any atom is -0.457 e. The van der Waals surface area contributed by atoms with Gasteiger partial charge in [0.05, 0.1) is 20.8 Å². The molecule has 2 aliphatic heterocycles. The standard InChI is InChI=1S/C23H31FN2O8.C21H29FN2O6.C2H3ClO2/c1-11(2)26-13(4)15(8-14-7-6-12(3)16(24)9-14)21(25-26)34-22-20(29)19(28)18(27)17(33-22)10-32-23(30)31-5;1-10(2)24-12(4)14(7-13-6-5-11(3)15(22)8-13)20(23-24)30-21-19(28)18(27)17(26)16(9-25)29-21;1-5-2(3)4/h6-7,9,11,17-20,22,27-29H,8,10H2,1-5H3;5-6,8,10,16-19,21,25-28H,7,9H2,1-4H3;1H3/t17-,18-,19+,20-,22+;16-,17-,18+,19-,21+;/m11./s1. The van der Waals surface area contributed by atoms with Crippen LogP contribution in [-0.4, -0.2) is 156 Å². The Morgan fingerprint density at radius 1 is 0.667 bits per heavy atom. The molecule has 2 aliphatic rings. The van der Waals surface area contributed by atoms with Crippen molar-refractivity contribution in [2.24, 2.45) is 0 Å². The highest BCUT2D eigenvalue weighted by Gasteiger charge is 2.47. The fraction of sp³-hybridized carbons (Fsp3) is 0.565. The molecular weight excluding hydrogens is 938 g/mol. The Hall–Kier alpha value is -5.01. The van der Waals surface area contributed by atoms with Gasteiger partial charge in [-0.05, 0) is 89.8 Å². The second-order valence-electron chi connectivity index (χ2n) is 17.0. The number of aryl methyl sites for hydroxylation is 2. The number of aromatic nitrogens is 4. The third kappa shape index (κ3) is 14.3. The van der Waals surface area contributed by atoms with Crippen LogP contribution in [0.2, 0.25) is 0 Å². The fourth-order valence-corrected chi connectivity index (χ4v) is 7.30. The lowest BCUT2D eigenvalue weighted by atomic mass is 9.99. The van der Waals surface area contributed by atoms with Gasteiger partial charge in [-0.2, -0.15) is 0 Å². The van der Waals surface area contributed by atoms with E-state index < -0.39 is 86.2 Å². The van der Waals surface area contributed by atoms with Gasteiger partial charge >= 0.3 is 11.6 Å². The maximum atomic E-state index is 14.1. The summed E-state index contributed by atoms with van der Waals surface area (Å²) >= 11 is 4.60. The minimum absolute atomic E-state index is 0.0170. The van der Waals surface area contributed by atoms with E-state index in [4.69, 9.17) is 23.7 Å². The third-order valence-corrected chi connectivity index (χ3v) is 11.5. The Morgan fingerprint density at radius 2 is 1.06 bits per heavy atom. The zero-order chi connectivity index (χ0) is 51.6. The summed E-state index contributed by atoms with van der Waals surface area (Å²) in [6.07, 6.45) is -14.8. The molecule has 4 heterocycles. The van der Waals surface area contributed by atoms with Gasteiger partial charge in [0.25, 0.3) is 0 Å². The number of methoxy groups -OCH3 is 2. The fourth-order valence-electron chi connectivity index (χ4n) is 7.30. The van der Waals surface area contributed by atoms with E-state index in [0.29, 0.717) is 40.7 Å². The lowest BCUT2D eigenvalue weighted by Gasteiger charge is -2.39. The summed E-state index contributed by atoms with van der Waals surface area (Å²) in [6.45, 7) is 13.9. The molecule has 20 nitrogen and oxygen atoms in total. The van der Waals surface area contributed by atoms with Gasteiger partial charge in [-0.3, -0.25) is 9.36 Å². The Balaban J connectivity index is 0.000000275. The molecule has 69 heavy (non-hydrogen) atoms. The van der Waals surface area contributed by atoms with Crippen LogP contribution in [0.25, 0.3) is 0 Å². The number of rotatable bonds is 13. The van der Waals surface area contributed by atoms with Crippen LogP contribution in [0.3, 0.4) is 0 Å². The highest BCUT2D eigenvalue weighted by atomic mass is 35.5. The molecule has 2 aromatic heterocycles. The number of carbonyl (C=O) groups excluding carboxylic acids is 2. The molecule has 23 heteroatoms. The van der Waals surface area contributed by atoms with E-state index in [9.17, 15) is 54.1 Å². The van der Waals surface area contributed by atoms with Crippen LogP contribution in [-0.2, 0) is 36.5 Å². The Labute approximate surface area is 402 Å². The summed E-state index contributed by atoms with van der Waals surface area (Å²) in [5.74, 6) is -0.331. The van der Waals surface area contributed by atoms with Crippen molar-refractivity contribution in [2.75, 3.05) is 27.4 Å². The Morgan fingerprint density at radius 3 is 1.41 bits per heavy atom. The van der Waals surface area contributed by atoms with E-state index in [1.54, 1.807) is 41.4 Å².